The summed E-state index contributed by atoms with van der Waals surface area (Å²) >= 11 is 7.75. The number of hydrogen-bond donors (Lipinski definition) is 3. The Morgan fingerprint density at radius 2 is 1.20 bits per heavy atom. The number of thiol groups is 2. The van der Waals surface area contributed by atoms with E-state index in [4.69, 9.17) is 5.11 Å². The molecule has 0 amide bonds. The summed E-state index contributed by atoms with van der Waals surface area (Å²) in [7, 11) is 0. The second-order valence-electron chi connectivity index (χ2n) is 4.52. The van der Waals surface area contributed by atoms with E-state index < -0.39 is 11.9 Å². The maximum Gasteiger partial charge on any atom is 0.307 e. The second kappa shape index (κ2) is 12.0. The summed E-state index contributed by atoms with van der Waals surface area (Å²) in [5.41, 5.74) is 0. The lowest BCUT2D eigenvalue weighted by Crippen LogP contribution is -2.18. The molecule has 0 aromatic heterocycles. The summed E-state index contributed by atoms with van der Waals surface area (Å²) in [5, 5.41) is 8.42. The molecular formula is C13H22O5S2. The molecule has 0 aliphatic rings. The number of aliphatic carboxylic acids is 1. The lowest BCUT2D eigenvalue weighted by atomic mass is 10.0. The van der Waals surface area contributed by atoms with E-state index in [2.05, 4.69) is 25.3 Å². The first-order chi connectivity index (χ1) is 9.15. The maximum absolute atomic E-state index is 10.7. The first-order valence-electron chi connectivity index (χ1n) is 6.09. The second-order valence-corrected chi connectivity index (χ2v) is 5.25. The first kappa shape index (κ1) is 21.5. The molecule has 1 N–H and O–H groups in total. The van der Waals surface area contributed by atoms with Crippen LogP contribution in [0.2, 0.25) is 0 Å². The molecule has 116 valence electrons. The molecule has 0 rings (SSSR count). The van der Waals surface area contributed by atoms with Crippen molar-refractivity contribution >= 4 is 48.6 Å². The van der Waals surface area contributed by atoms with Crippen LogP contribution >= 0.6 is 25.3 Å². The molecule has 0 spiro atoms. The Kier molecular flexibility index (Phi) is 12.8. The SMILES string of the molecule is CC(=O)C[C@@H](CS)C(=O)O.CC(=O)C[C@@H](CS)C(C)=O. The highest BCUT2D eigenvalue weighted by molar-refractivity contribution is 7.80. The number of hydrogen-bond acceptors (Lipinski definition) is 6. The van der Waals surface area contributed by atoms with Crippen LogP contribution in [-0.4, -0.2) is 39.9 Å². The van der Waals surface area contributed by atoms with Crippen molar-refractivity contribution in [2.24, 2.45) is 11.8 Å². The third kappa shape index (κ3) is 12.2. The average molecular weight is 322 g/mol. The molecule has 0 radical (unpaired) electrons. The van der Waals surface area contributed by atoms with Crippen LogP contribution in [-0.2, 0) is 19.2 Å². The number of Topliss-reactive ketones (excluding diaryl/α,β-unsaturated/α-hetero) is 3. The van der Waals surface area contributed by atoms with E-state index in [9.17, 15) is 19.2 Å². The topological polar surface area (TPSA) is 88.5 Å². The Bertz CT molecular complexity index is 321. The van der Waals surface area contributed by atoms with Crippen molar-refractivity contribution in [3.8, 4) is 0 Å². The van der Waals surface area contributed by atoms with Gasteiger partial charge in [-0.3, -0.25) is 9.59 Å². The van der Waals surface area contributed by atoms with Gasteiger partial charge in [0, 0.05) is 30.3 Å². The minimum atomic E-state index is -0.954. The van der Waals surface area contributed by atoms with E-state index in [1.165, 1.54) is 20.8 Å². The quantitative estimate of drug-likeness (QED) is 0.592. The standard InChI is InChI=1S/C7H12O2S.C6H10O3S/c1-5(8)3-7(4-10)6(2)9;1-4(7)2-5(3-10)6(8)9/h7,10H,3-4H2,1-2H3;5,10H,2-3H2,1H3,(H,8,9)/t7-;5-/m00/s1. The van der Waals surface area contributed by atoms with Crippen molar-refractivity contribution in [2.75, 3.05) is 11.5 Å². The molecule has 0 heterocycles. The highest BCUT2D eigenvalue weighted by Gasteiger charge is 2.16. The Morgan fingerprint density at radius 3 is 1.30 bits per heavy atom. The highest BCUT2D eigenvalue weighted by atomic mass is 32.1. The van der Waals surface area contributed by atoms with Crippen LogP contribution in [0.3, 0.4) is 0 Å². The van der Waals surface area contributed by atoms with Gasteiger partial charge >= 0.3 is 5.97 Å². The molecule has 0 saturated heterocycles. The summed E-state index contributed by atoms with van der Waals surface area (Å²) in [6, 6.07) is 0. The van der Waals surface area contributed by atoms with Crippen molar-refractivity contribution in [3.63, 3.8) is 0 Å². The Morgan fingerprint density at radius 1 is 0.850 bits per heavy atom. The summed E-state index contributed by atoms with van der Waals surface area (Å²) in [6.45, 7) is 4.35. The molecule has 2 atom stereocenters. The number of carboxylic acids is 1. The lowest BCUT2D eigenvalue weighted by Gasteiger charge is -2.06. The minimum absolute atomic E-state index is 0.0465. The van der Waals surface area contributed by atoms with Crippen molar-refractivity contribution in [1.82, 2.24) is 0 Å². The van der Waals surface area contributed by atoms with Crippen LogP contribution in [0.5, 0.6) is 0 Å². The molecule has 0 bridgehead atoms. The van der Waals surface area contributed by atoms with Gasteiger partial charge in [-0.15, -0.1) is 0 Å². The smallest absolute Gasteiger partial charge is 0.307 e. The van der Waals surface area contributed by atoms with Gasteiger partial charge < -0.3 is 14.7 Å². The van der Waals surface area contributed by atoms with E-state index in [1.54, 1.807) is 0 Å². The molecule has 0 fully saturated rings. The monoisotopic (exact) mass is 322 g/mol. The fraction of sp³-hybridized carbons (Fsp3) is 0.692. The van der Waals surface area contributed by atoms with Gasteiger partial charge in [0.25, 0.3) is 0 Å². The third-order valence-corrected chi connectivity index (χ3v) is 3.31. The highest BCUT2D eigenvalue weighted by Crippen LogP contribution is 2.07. The van der Waals surface area contributed by atoms with E-state index in [0.29, 0.717) is 12.2 Å². The summed E-state index contributed by atoms with van der Waals surface area (Å²) in [4.78, 5) is 41.9. The zero-order chi connectivity index (χ0) is 16.3. The number of ketones is 3. The van der Waals surface area contributed by atoms with Crippen molar-refractivity contribution in [2.45, 2.75) is 33.6 Å². The van der Waals surface area contributed by atoms with Gasteiger partial charge in [0.05, 0.1) is 5.92 Å². The molecular weight excluding hydrogens is 300 g/mol. The lowest BCUT2D eigenvalue weighted by molar-refractivity contribution is -0.142. The van der Waals surface area contributed by atoms with Crippen molar-refractivity contribution in [3.05, 3.63) is 0 Å². The van der Waals surface area contributed by atoms with Crippen molar-refractivity contribution in [1.29, 1.82) is 0 Å². The normalized spacial score (nSPS) is 12.7. The Balaban J connectivity index is 0. The average Bonchev–Trinajstić information content (AvgIpc) is 2.32. The van der Waals surface area contributed by atoms with Gasteiger partial charge in [-0.1, -0.05) is 0 Å². The van der Waals surface area contributed by atoms with E-state index in [0.717, 1.165) is 0 Å². The van der Waals surface area contributed by atoms with E-state index >= 15 is 0 Å². The molecule has 5 nitrogen and oxygen atoms in total. The van der Waals surface area contributed by atoms with Gasteiger partial charge in [-0.05, 0) is 20.8 Å². The summed E-state index contributed by atoms with van der Waals surface area (Å²) in [5.74, 6) is -1.09. The van der Waals surface area contributed by atoms with Crippen molar-refractivity contribution < 1.29 is 24.3 Å². The molecule has 7 heteroatoms. The molecule has 0 aliphatic heterocycles. The number of rotatable bonds is 8. The molecule has 0 saturated carbocycles. The fourth-order valence-corrected chi connectivity index (χ4v) is 1.93. The number of carboxylic acid groups (broad SMARTS) is 1. The molecule has 0 unspecified atom stereocenters. The van der Waals surface area contributed by atoms with Crippen LogP contribution in [0.25, 0.3) is 0 Å². The Hall–Kier alpha value is -0.820. The van der Waals surface area contributed by atoms with Gasteiger partial charge in [0.15, 0.2) is 0 Å². The van der Waals surface area contributed by atoms with Gasteiger partial charge in [0.2, 0.25) is 0 Å². The largest absolute Gasteiger partial charge is 0.481 e. The molecule has 0 aliphatic carbocycles. The molecule has 0 aromatic carbocycles. The first-order valence-corrected chi connectivity index (χ1v) is 7.35. The minimum Gasteiger partial charge on any atom is -0.481 e. The van der Waals surface area contributed by atoms with Crippen LogP contribution in [0.15, 0.2) is 0 Å². The van der Waals surface area contributed by atoms with E-state index in [1.807, 2.05) is 0 Å². The predicted octanol–water partition coefficient (Wildman–Crippen LogP) is 1.70. The van der Waals surface area contributed by atoms with Crippen LogP contribution in [0.4, 0.5) is 0 Å². The van der Waals surface area contributed by atoms with Gasteiger partial charge in [-0.2, -0.15) is 25.3 Å². The third-order valence-electron chi connectivity index (χ3n) is 2.43. The number of carbonyl (C=O) groups is 4. The number of carbonyl (C=O) groups excluding carboxylic acids is 3. The zero-order valence-electron chi connectivity index (χ0n) is 12.0. The maximum atomic E-state index is 10.7. The summed E-state index contributed by atoms with van der Waals surface area (Å²) in [6.07, 6.45) is 0.414. The van der Waals surface area contributed by atoms with Gasteiger partial charge in [-0.25, -0.2) is 0 Å². The predicted molar refractivity (Wildman–Crippen MR) is 83.6 cm³/mol. The van der Waals surface area contributed by atoms with Gasteiger partial charge in [0.1, 0.15) is 17.3 Å². The molecule has 0 aromatic rings. The van der Waals surface area contributed by atoms with Crippen LogP contribution in [0.1, 0.15) is 33.6 Å². The fourth-order valence-electron chi connectivity index (χ4n) is 1.26. The summed E-state index contributed by atoms with van der Waals surface area (Å²) < 4.78 is 0. The Labute approximate surface area is 130 Å². The zero-order valence-corrected chi connectivity index (χ0v) is 13.7. The van der Waals surface area contributed by atoms with Crippen LogP contribution in [0, 0.1) is 11.8 Å². The molecule has 20 heavy (non-hydrogen) atoms. The van der Waals surface area contributed by atoms with Crippen LogP contribution < -0.4 is 0 Å². The van der Waals surface area contributed by atoms with E-state index in [-0.39, 0.29) is 35.4 Å².